The minimum atomic E-state index is -0.226. The zero-order valence-corrected chi connectivity index (χ0v) is 11.2. The smallest absolute Gasteiger partial charge is 0.123 e. The standard InChI is InChI=1S/C17H15FN2/c1-19-16(13-6-2-8-14(18)11-13)15-9-3-5-12-7-4-10-20-17(12)15/h2-11,16,19H,1H3. The first kappa shape index (κ1) is 12.8. The van der Waals surface area contributed by atoms with Gasteiger partial charge in [-0.15, -0.1) is 0 Å². The van der Waals surface area contributed by atoms with E-state index in [1.54, 1.807) is 18.3 Å². The van der Waals surface area contributed by atoms with Crippen molar-refractivity contribution in [3.63, 3.8) is 0 Å². The van der Waals surface area contributed by atoms with Crippen LogP contribution in [0.2, 0.25) is 0 Å². The molecular formula is C17H15FN2. The van der Waals surface area contributed by atoms with Crippen molar-refractivity contribution in [3.05, 3.63) is 77.7 Å². The molecule has 0 fully saturated rings. The van der Waals surface area contributed by atoms with Crippen molar-refractivity contribution in [1.82, 2.24) is 10.3 Å². The molecule has 1 N–H and O–H groups in total. The van der Waals surface area contributed by atoms with E-state index in [4.69, 9.17) is 0 Å². The molecule has 3 aromatic rings. The second-order valence-electron chi connectivity index (χ2n) is 4.70. The van der Waals surface area contributed by atoms with E-state index in [0.29, 0.717) is 0 Å². The third-order valence-corrected chi connectivity index (χ3v) is 3.45. The lowest BCUT2D eigenvalue weighted by Crippen LogP contribution is -2.18. The van der Waals surface area contributed by atoms with E-state index < -0.39 is 0 Å². The summed E-state index contributed by atoms with van der Waals surface area (Å²) < 4.78 is 13.5. The number of pyridine rings is 1. The quantitative estimate of drug-likeness (QED) is 0.782. The van der Waals surface area contributed by atoms with Crippen LogP contribution in [0.3, 0.4) is 0 Å². The molecule has 0 aliphatic rings. The average molecular weight is 266 g/mol. The van der Waals surface area contributed by atoms with Gasteiger partial charge in [0.2, 0.25) is 0 Å². The van der Waals surface area contributed by atoms with Gasteiger partial charge in [-0.1, -0.05) is 36.4 Å². The highest BCUT2D eigenvalue weighted by Gasteiger charge is 2.15. The Morgan fingerprint density at radius 2 is 1.85 bits per heavy atom. The van der Waals surface area contributed by atoms with Gasteiger partial charge in [-0.05, 0) is 36.4 Å². The molecule has 1 aromatic heterocycles. The Balaban J connectivity index is 2.17. The maximum Gasteiger partial charge on any atom is 0.123 e. The summed E-state index contributed by atoms with van der Waals surface area (Å²) in [7, 11) is 1.87. The van der Waals surface area contributed by atoms with Crippen LogP contribution >= 0.6 is 0 Å². The fourth-order valence-electron chi connectivity index (χ4n) is 2.55. The lowest BCUT2D eigenvalue weighted by Gasteiger charge is -2.18. The molecule has 2 nitrogen and oxygen atoms in total. The van der Waals surface area contributed by atoms with Crippen molar-refractivity contribution >= 4 is 10.9 Å². The highest BCUT2D eigenvalue weighted by Crippen LogP contribution is 2.27. The van der Waals surface area contributed by atoms with Crippen LogP contribution in [-0.4, -0.2) is 12.0 Å². The van der Waals surface area contributed by atoms with Crippen LogP contribution in [-0.2, 0) is 0 Å². The summed E-state index contributed by atoms with van der Waals surface area (Å²) in [6.07, 6.45) is 1.78. The molecule has 0 aliphatic heterocycles. The van der Waals surface area contributed by atoms with E-state index in [9.17, 15) is 4.39 Å². The molecule has 0 spiro atoms. The number of nitrogens with one attached hydrogen (secondary N) is 1. The molecule has 20 heavy (non-hydrogen) atoms. The molecule has 2 aromatic carbocycles. The topological polar surface area (TPSA) is 24.9 Å². The van der Waals surface area contributed by atoms with Crippen LogP contribution in [0.5, 0.6) is 0 Å². The van der Waals surface area contributed by atoms with Gasteiger partial charge in [-0.25, -0.2) is 4.39 Å². The molecule has 0 radical (unpaired) electrons. The Labute approximate surface area is 117 Å². The highest BCUT2D eigenvalue weighted by molar-refractivity contribution is 5.82. The number of hydrogen-bond acceptors (Lipinski definition) is 2. The molecule has 100 valence electrons. The second-order valence-corrected chi connectivity index (χ2v) is 4.70. The SMILES string of the molecule is CNC(c1cccc(F)c1)c1cccc2cccnc12. The number of para-hydroxylation sites is 1. The van der Waals surface area contributed by atoms with Crippen molar-refractivity contribution in [2.45, 2.75) is 6.04 Å². The molecule has 0 amide bonds. The zero-order valence-electron chi connectivity index (χ0n) is 11.2. The Morgan fingerprint density at radius 3 is 2.65 bits per heavy atom. The number of nitrogens with zero attached hydrogens (tertiary/aromatic N) is 1. The van der Waals surface area contributed by atoms with E-state index in [0.717, 1.165) is 22.0 Å². The predicted octanol–water partition coefficient (Wildman–Crippen LogP) is 3.68. The van der Waals surface area contributed by atoms with E-state index in [2.05, 4.69) is 10.3 Å². The van der Waals surface area contributed by atoms with Crippen molar-refractivity contribution in [1.29, 1.82) is 0 Å². The average Bonchev–Trinajstić information content (AvgIpc) is 2.48. The van der Waals surface area contributed by atoms with Gasteiger partial charge in [-0.2, -0.15) is 0 Å². The minimum Gasteiger partial charge on any atom is -0.309 e. The number of halogens is 1. The van der Waals surface area contributed by atoms with E-state index in [1.807, 2.05) is 43.4 Å². The van der Waals surface area contributed by atoms with Crippen LogP contribution in [0.1, 0.15) is 17.2 Å². The molecule has 3 heteroatoms. The van der Waals surface area contributed by atoms with Crippen molar-refractivity contribution in [2.75, 3.05) is 7.05 Å². The van der Waals surface area contributed by atoms with Crippen LogP contribution in [0, 0.1) is 5.82 Å². The molecule has 0 saturated heterocycles. The maximum absolute atomic E-state index is 13.5. The van der Waals surface area contributed by atoms with Gasteiger partial charge in [0, 0.05) is 11.6 Å². The van der Waals surface area contributed by atoms with Gasteiger partial charge < -0.3 is 5.32 Å². The summed E-state index contributed by atoms with van der Waals surface area (Å²) in [5.41, 5.74) is 2.89. The minimum absolute atomic E-state index is 0.0794. The molecule has 0 bridgehead atoms. The highest BCUT2D eigenvalue weighted by atomic mass is 19.1. The van der Waals surface area contributed by atoms with Crippen LogP contribution < -0.4 is 5.32 Å². The first-order chi connectivity index (χ1) is 9.79. The fraction of sp³-hybridized carbons (Fsp3) is 0.118. The summed E-state index contributed by atoms with van der Waals surface area (Å²) in [4.78, 5) is 4.46. The molecule has 1 unspecified atom stereocenters. The normalized spacial score (nSPS) is 12.5. The first-order valence-corrected chi connectivity index (χ1v) is 6.56. The molecule has 0 saturated carbocycles. The summed E-state index contributed by atoms with van der Waals surface area (Å²) in [6, 6.07) is 16.6. The zero-order chi connectivity index (χ0) is 13.9. The molecular weight excluding hydrogens is 251 g/mol. The van der Waals surface area contributed by atoms with Crippen LogP contribution in [0.4, 0.5) is 4.39 Å². The Kier molecular flexibility index (Phi) is 3.44. The monoisotopic (exact) mass is 266 g/mol. The Hall–Kier alpha value is -2.26. The third-order valence-electron chi connectivity index (χ3n) is 3.45. The predicted molar refractivity (Wildman–Crippen MR) is 79.0 cm³/mol. The van der Waals surface area contributed by atoms with Gasteiger partial charge in [0.1, 0.15) is 5.82 Å². The van der Waals surface area contributed by atoms with Gasteiger partial charge in [0.15, 0.2) is 0 Å². The summed E-state index contributed by atoms with van der Waals surface area (Å²) in [5.74, 6) is -0.226. The molecule has 3 rings (SSSR count). The number of aromatic nitrogens is 1. The summed E-state index contributed by atoms with van der Waals surface area (Å²) in [6.45, 7) is 0. The number of fused-ring (bicyclic) bond motifs is 1. The summed E-state index contributed by atoms with van der Waals surface area (Å²) >= 11 is 0. The van der Waals surface area contributed by atoms with Crippen LogP contribution in [0.15, 0.2) is 60.8 Å². The third kappa shape index (κ3) is 2.28. The van der Waals surface area contributed by atoms with E-state index in [1.165, 1.54) is 6.07 Å². The van der Waals surface area contributed by atoms with E-state index in [-0.39, 0.29) is 11.9 Å². The lowest BCUT2D eigenvalue weighted by atomic mass is 9.96. The van der Waals surface area contributed by atoms with Crippen molar-refractivity contribution in [2.24, 2.45) is 0 Å². The fourth-order valence-corrected chi connectivity index (χ4v) is 2.55. The molecule has 0 aliphatic carbocycles. The Morgan fingerprint density at radius 1 is 1.05 bits per heavy atom. The molecule has 1 atom stereocenters. The van der Waals surface area contributed by atoms with Crippen LogP contribution in [0.25, 0.3) is 10.9 Å². The van der Waals surface area contributed by atoms with Gasteiger partial charge in [0.25, 0.3) is 0 Å². The van der Waals surface area contributed by atoms with Gasteiger partial charge >= 0.3 is 0 Å². The largest absolute Gasteiger partial charge is 0.309 e. The lowest BCUT2D eigenvalue weighted by molar-refractivity contribution is 0.617. The number of rotatable bonds is 3. The number of hydrogen-bond donors (Lipinski definition) is 1. The maximum atomic E-state index is 13.5. The van der Waals surface area contributed by atoms with Gasteiger partial charge in [0.05, 0.1) is 11.6 Å². The second kappa shape index (κ2) is 5.39. The van der Waals surface area contributed by atoms with E-state index >= 15 is 0 Å². The number of benzene rings is 2. The Bertz CT molecular complexity index is 734. The molecule has 1 heterocycles. The summed E-state index contributed by atoms with van der Waals surface area (Å²) in [5, 5.41) is 4.33. The first-order valence-electron chi connectivity index (χ1n) is 6.56. The van der Waals surface area contributed by atoms with Crippen molar-refractivity contribution < 1.29 is 4.39 Å². The van der Waals surface area contributed by atoms with Crippen molar-refractivity contribution in [3.8, 4) is 0 Å². The van der Waals surface area contributed by atoms with Gasteiger partial charge in [-0.3, -0.25) is 4.98 Å².